The number of nitrogens with one attached hydrogen (secondary N) is 1. The maximum atomic E-state index is 5.74. The third kappa shape index (κ3) is 5.36. The van der Waals surface area contributed by atoms with Crippen molar-refractivity contribution < 1.29 is 9.47 Å². The molecule has 0 amide bonds. The summed E-state index contributed by atoms with van der Waals surface area (Å²) in [6.45, 7) is 4.76. The molecule has 35 heavy (non-hydrogen) atoms. The van der Waals surface area contributed by atoms with Crippen molar-refractivity contribution in [3.63, 3.8) is 0 Å². The molecular formula is C26H31N7O2. The van der Waals surface area contributed by atoms with Gasteiger partial charge >= 0.3 is 0 Å². The smallest absolute Gasteiger partial charge is 0.231 e. The molecule has 0 aliphatic heterocycles. The van der Waals surface area contributed by atoms with E-state index in [1.807, 2.05) is 22.9 Å². The number of aromatic nitrogens is 7. The molecule has 0 spiro atoms. The van der Waals surface area contributed by atoms with Crippen molar-refractivity contribution in [2.24, 2.45) is 0 Å². The largest absolute Gasteiger partial charge is 0.347 e. The number of rotatable bonds is 11. The number of hydrogen-bond acceptors (Lipinski definition) is 7. The lowest BCUT2D eigenvalue weighted by molar-refractivity contribution is -0.225. The normalized spacial score (nSPS) is 12.0. The highest BCUT2D eigenvalue weighted by molar-refractivity contribution is 5.70. The molecule has 4 rings (SSSR count). The fourth-order valence-corrected chi connectivity index (χ4v) is 3.99. The fourth-order valence-electron chi connectivity index (χ4n) is 3.99. The highest BCUT2D eigenvalue weighted by Crippen LogP contribution is 2.30. The molecule has 0 aliphatic carbocycles. The summed E-state index contributed by atoms with van der Waals surface area (Å²) in [5.74, 6) is 0.926. The molecule has 0 saturated heterocycles. The predicted octanol–water partition coefficient (Wildman–Crippen LogP) is 4.84. The molecule has 9 nitrogen and oxygen atoms in total. The molecule has 0 aliphatic rings. The van der Waals surface area contributed by atoms with Crippen molar-refractivity contribution in [1.82, 2.24) is 35.4 Å². The lowest BCUT2D eigenvalue weighted by Gasteiger charge is -2.27. The van der Waals surface area contributed by atoms with Gasteiger partial charge in [0.05, 0.1) is 6.54 Å². The second kappa shape index (κ2) is 11.2. The molecule has 2 aromatic carbocycles. The first-order valence-corrected chi connectivity index (χ1v) is 11.8. The van der Waals surface area contributed by atoms with E-state index in [1.54, 1.807) is 14.2 Å². The highest BCUT2D eigenvalue weighted by atomic mass is 16.7. The average Bonchev–Trinajstić information content (AvgIpc) is 3.58. The standard InChI is InChI=1S/C26H31N7O2/c1-5-7-11-23-27-25(26(34-3,35-4)16-6-2)30-33(23)18-19-12-14-20(15-13-19)21-9-8-10-22(17-21)24-28-31-32-29-24/h7-15,17H,5-6,16,18H2,1-4H3,(H,28,29,31,32). The highest BCUT2D eigenvalue weighted by Gasteiger charge is 2.36. The zero-order chi connectivity index (χ0) is 24.7. The molecule has 2 heterocycles. The van der Waals surface area contributed by atoms with Crippen LogP contribution in [0.1, 0.15) is 50.3 Å². The molecule has 0 radical (unpaired) electrons. The Balaban J connectivity index is 1.60. The van der Waals surface area contributed by atoms with Crippen LogP contribution >= 0.6 is 0 Å². The summed E-state index contributed by atoms with van der Waals surface area (Å²) in [5.41, 5.74) is 4.21. The number of ether oxygens (including phenoxy) is 2. The first-order chi connectivity index (χ1) is 17.1. The quantitative estimate of drug-likeness (QED) is 0.311. The van der Waals surface area contributed by atoms with Gasteiger partial charge in [0.25, 0.3) is 0 Å². The number of H-pyrrole nitrogens is 1. The summed E-state index contributed by atoms with van der Waals surface area (Å²) in [4.78, 5) is 4.77. The van der Waals surface area contributed by atoms with E-state index >= 15 is 0 Å². The van der Waals surface area contributed by atoms with Crippen molar-refractivity contribution >= 4 is 6.08 Å². The topological polar surface area (TPSA) is 104 Å². The van der Waals surface area contributed by atoms with Crippen molar-refractivity contribution in [3.05, 3.63) is 71.8 Å². The molecule has 0 saturated carbocycles. The summed E-state index contributed by atoms with van der Waals surface area (Å²) in [5, 5.41) is 19.1. The van der Waals surface area contributed by atoms with E-state index in [2.05, 4.69) is 76.9 Å². The molecule has 0 bridgehead atoms. The number of hydrogen-bond donors (Lipinski definition) is 1. The lowest BCUT2D eigenvalue weighted by atomic mass is 10.0. The molecular weight excluding hydrogens is 442 g/mol. The van der Waals surface area contributed by atoms with Gasteiger partial charge in [-0.2, -0.15) is 5.21 Å². The minimum absolute atomic E-state index is 0.537. The van der Waals surface area contributed by atoms with Crippen LogP contribution in [0.2, 0.25) is 0 Å². The van der Waals surface area contributed by atoms with E-state index in [0.717, 1.165) is 40.9 Å². The monoisotopic (exact) mass is 473 g/mol. The number of aromatic amines is 1. The Morgan fingerprint density at radius 1 is 1.00 bits per heavy atom. The van der Waals surface area contributed by atoms with Crippen LogP contribution in [0.15, 0.2) is 54.6 Å². The zero-order valence-electron chi connectivity index (χ0n) is 20.6. The molecule has 182 valence electrons. The van der Waals surface area contributed by atoms with Gasteiger partial charge in [0.2, 0.25) is 17.4 Å². The van der Waals surface area contributed by atoms with Crippen LogP contribution in [0.25, 0.3) is 28.6 Å². The Morgan fingerprint density at radius 3 is 2.43 bits per heavy atom. The molecule has 4 aromatic rings. The summed E-state index contributed by atoms with van der Waals surface area (Å²) < 4.78 is 13.4. The SMILES string of the molecule is CCC=Cc1nc(C(CCC)(OC)OC)nn1Cc1ccc(-c2cccc(-c3nn[nH]n3)c2)cc1. The van der Waals surface area contributed by atoms with Crippen LogP contribution in [-0.4, -0.2) is 49.6 Å². The first kappa shape index (κ1) is 24.4. The van der Waals surface area contributed by atoms with Gasteiger partial charge < -0.3 is 9.47 Å². The van der Waals surface area contributed by atoms with E-state index in [1.165, 1.54) is 0 Å². The third-order valence-electron chi connectivity index (χ3n) is 5.87. The minimum Gasteiger partial charge on any atom is -0.347 e. The van der Waals surface area contributed by atoms with Crippen molar-refractivity contribution in [2.45, 2.75) is 45.4 Å². The summed E-state index contributed by atoms with van der Waals surface area (Å²) in [6.07, 6.45) is 6.53. The van der Waals surface area contributed by atoms with Crippen LogP contribution in [-0.2, 0) is 21.8 Å². The number of benzene rings is 2. The maximum absolute atomic E-state index is 5.74. The van der Waals surface area contributed by atoms with Gasteiger partial charge in [0.1, 0.15) is 0 Å². The van der Waals surface area contributed by atoms with E-state index < -0.39 is 5.79 Å². The number of methoxy groups -OCH3 is 2. The number of tetrazole rings is 1. The van der Waals surface area contributed by atoms with E-state index in [9.17, 15) is 0 Å². The van der Waals surface area contributed by atoms with E-state index in [-0.39, 0.29) is 0 Å². The van der Waals surface area contributed by atoms with E-state index in [4.69, 9.17) is 19.6 Å². The van der Waals surface area contributed by atoms with Gasteiger partial charge in [-0.05, 0) is 40.5 Å². The van der Waals surface area contributed by atoms with Crippen molar-refractivity contribution in [3.8, 4) is 22.5 Å². The van der Waals surface area contributed by atoms with Crippen LogP contribution in [0.3, 0.4) is 0 Å². The maximum Gasteiger partial charge on any atom is 0.231 e. The molecule has 1 N–H and O–H groups in total. The molecule has 0 unspecified atom stereocenters. The van der Waals surface area contributed by atoms with Gasteiger partial charge in [-0.1, -0.05) is 68.8 Å². The van der Waals surface area contributed by atoms with Crippen LogP contribution in [0.5, 0.6) is 0 Å². The molecule has 0 fully saturated rings. The lowest BCUT2D eigenvalue weighted by Crippen LogP contribution is -2.32. The predicted molar refractivity (Wildman–Crippen MR) is 134 cm³/mol. The van der Waals surface area contributed by atoms with Crippen molar-refractivity contribution in [1.29, 1.82) is 0 Å². The zero-order valence-corrected chi connectivity index (χ0v) is 20.6. The van der Waals surface area contributed by atoms with Crippen LogP contribution < -0.4 is 0 Å². The van der Waals surface area contributed by atoms with Gasteiger partial charge in [-0.3, -0.25) is 0 Å². The Morgan fingerprint density at radius 2 is 1.77 bits per heavy atom. The summed E-state index contributed by atoms with van der Waals surface area (Å²) >= 11 is 0. The second-order valence-electron chi connectivity index (χ2n) is 8.19. The van der Waals surface area contributed by atoms with Crippen molar-refractivity contribution in [2.75, 3.05) is 14.2 Å². The molecule has 2 aromatic heterocycles. The Bertz CT molecular complexity index is 1240. The van der Waals surface area contributed by atoms with Gasteiger partial charge in [0.15, 0.2) is 5.82 Å². The minimum atomic E-state index is -0.956. The van der Waals surface area contributed by atoms with E-state index in [0.29, 0.717) is 24.6 Å². The van der Waals surface area contributed by atoms with Crippen LogP contribution in [0, 0.1) is 0 Å². The number of nitrogens with zero attached hydrogens (tertiary/aromatic N) is 6. The van der Waals surface area contributed by atoms with Gasteiger partial charge in [0, 0.05) is 26.2 Å². The first-order valence-electron chi connectivity index (χ1n) is 11.8. The Hall–Kier alpha value is -3.69. The average molecular weight is 474 g/mol. The summed E-state index contributed by atoms with van der Waals surface area (Å²) in [6, 6.07) is 16.5. The van der Waals surface area contributed by atoms with Gasteiger partial charge in [-0.15, -0.1) is 15.3 Å². The second-order valence-corrected chi connectivity index (χ2v) is 8.19. The summed E-state index contributed by atoms with van der Waals surface area (Å²) in [7, 11) is 3.27. The van der Waals surface area contributed by atoms with Crippen LogP contribution in [0.4, 0.5) is 0 Å². The molecule has 0 atom stereocenters. The number of allylic oxidation sites excluding steroid dienone is 1. The fraction of sp³-hybridized carbons (Fsp3) is 0.346. The third-order valence-corrected chi connectivity index (χ3v) is 5.87. The Kier molecular flexibility index (Phi) is 7.79. The van der Waals surface area contributed by atoms with Gasteiger partial charge in [-0.25, -0.2) is 9.67 Å². The molecule has 9 heteroatoms. The Labute approximate surface area is 205 Å².